The van der Waals surface area contributed by atoms with Crippen LogP contribution in [0.2, 0.25) is 0 Å². The average molecular weight is 200 g/mol. The van der Waals surface area contributed by atoms with Crippen molar-refractivity contribution in [2.45, 2.75) is 0 Å². The normalized spacial score (nSPS) is 9.64. The average Bonchev–Trinajstić information content (AvgIpc) is 2.12. The van der Waals surface area contributed by atoms with Gasteiger partial charge in [-0.05, 0) is 12.1 Å². The molecule has 1 aromatic carbocycles. The predicted octanol–water partition coefficient (Wildman–Crippen LogP) is 1.12. The highest BCUT2D eigenvalue weighted by atomic mass is 19.1. The molecular weight excluding hydrogens is 190 g/mol. The fourth-order valence-corrected chi connectivity index (χ4v) is 0.927. The Morgan fingerprint density at radius 3 is 2.36 bits per heavy atom. The molecule has 0 fully saturated rings. The quantitative estimate of drug-likeness (QED) is 0.767. The fraction of sp³-hybridized carbons (Fsp3) is 0.222. The van der Waals surface area contributed by atoms with E-state index in [9.17, 15) is 13.6 Å². The maximum Gasteiger partial charge on any atom is 0.239 e. The number of hydrogen-bond donors (Lipinski definition) is 2. The molecule has 3 nitrogen and oxygen atoms in total. The van der Waals surface area contributed by atoms with Crippen LogP contribution in [0.1, 0.15) is 0 Å². The molecule has 14 heavy (non-hydrogen) atoms. The zero-order chi connectivity index (χ0) is 10.6. The third kappa shape index (κ3) is 3.01. The van der Waals surface area contributed by atoms with Crippen LogP contribution < -0.4 is 10.6 Å². The monoisotopic (exact) mass is 200 g/mol. The second-order valence-corrected chi connectivity index (χ2v) is 2.68. The van der Waals surface area contributed by atoms with Crippen LogP contribution in [0, 0.1) is 11.6 Å². The molecule has 0 spiro atoms. The van der Waals surface area contributed by atoms with Crippen LogP contribution in [0.3, 0.4) is 0 Å². The number of hydrogen-bond acceptors (Lipinski definition) is 2. The SMILES string of the molecule is CNC(=O)CNc1cc(F)cc(F)c1. The summed E-state index contributed by atoms with van der Waals surface area (Å²) < 4.78 is 25.3. The molecule has 0 bridgehead atoms. The van der Waals surface area contributed by atoms with Crippen molar-refractivity contribution < 1.29 is 13.6 Å². The number of rotatable bonds is 3. The van der Waals surface area contributed by atoms with Crippen molar-refractivity contribution in [3.8, 4) is 0 Å². The molecule has 1 rings (SSSR count). The van der Waals surface area contributed by atoms with Gasteiger partial charge in [0.05, 0.1) is 6.54 Å². The smallest absolute Gasteiger partial charge is 0.239 e. The van der Waals surface area contributed by atoms with Crippen molar-refractivity contribution in [3.63, 3.8) is 0 Å². The third-order valence-corrected chi connectivity index (χ3v) is 1.59. The topological polar surface area (TPSA) is 41.1 Å². The van der Waals surface area contributed by atoms with Gasteiger partial charge in [0.2, 0.25) is 5.91 Å². The molecule has 0 aliphatic carbocycles. The molecule has 1 amide bonds. The van der Waals surface area contributed by atoms with E-state index in [4.69, 9.17) is 0 Å². The van der Waals surface area contributed by atoms with E-state index in [-0.39, 0.29) is 18.1 Å². The van der Waals surface area contributed by atoms with Gasteiger partial charge >= 0.3 is 0 Å². The van der Waals surface area contributed by atoms with Crippen LogP contribution in [0.15, 0.2) is 18.2 Å². The molecule has 0 aromatic heterocycles. The molecule has 0 radical (unpaired) electrons. The summed E-state index contributed by atoms with van der Waals surface area (Å²) in [5, 5.41) is 4.96. The standard InChI is InChI=1S/C9H10F2N2O/c1-12-9(14)5-13-8-3-6(10)2-7(11)4-8/h2-4,13H,5H2,1H3,(H,12,14). The van der Waals surface area contributed by atoms with Gasteiger partial charge in [0.25, 0.3) is 0 Å². The highest BCUT2D eigenvalue weighted by Crippen LogP contribution is 2.12. The van der Waals surface area contributed by atoms with Crippen molar-refractivity contribution in [2.24, 2.45) is 0 Å². The zero-order valence-corrected chi connectivity index (χ0v) is 7.60. The molecule has 76 valence electrons. The number of halogens is 2. The molecule has 0 saturated carbocycles. The Morgan fingerprint density at radius 2 is 1.86 bits per heavy atom. The van der Waals surface area contributed by atoms with E-state index in [0.29, 0.717) is 0 Å². The van der Waals surface area contributed by atoms with Crippen molar-refractivity contribution in [3.05, 3.63) is 29.8 Å². The molecule has 2 N–H and O–H groups in total. The van der Waals surface area contributed by atoms with Crippen LogP contribution in [-0.4, -0.2) is 19.5 Å². The minimum absolute atomic E-state index is 0.0145. The van der Waals surface area contributed by atoms with Gasteiger partial charge in [-0.1, -0.05) is 0 Å². The molecular formula is C9H10F2N2O. The first kappa shape index (κ1) is 10.4. The Kier molecular flexibility index (Phi) is 3.39. The van der Waals surface area contributed by atoms with Crippen LogP contribution in [0.25, 0.3) is 0 Å². The van der Waals surface area contributed by atoms with Gasteiger partial charge in [-0.3, -0.25) is 4.79 Å². The molecule has 0 aliphatic heterocycles. The van der Waals surface area contributed by atoms with Gasteiger partial charge in [0, 0.05) is 18.8 Å². The summed E-state index contributed by atoms with van der Waals surface area (Å²) in [5.74, 6) is -1.61. The highest BCUT2D eigenvalue weighted by molar-refractivity contribution is 5.80. The predicted molar refractivity (Wildman–Crippen MR) is 48.9 cm³/mol. The number of carbonyl (C=O) groups is 1. The molecule has 0 unspecified atom stereocenters. The number of likely N-dealkylation sites (N-methyl/N-ethyl adjacent to an activating group) is 1. The van der Waals surface area contributed by atoms with Crippen LogP contribution in [-0.2, 0) is 4.79 Å². The second-order valence-electron chi connectivity index (χ2n) is 2.68. The van der Waals surface area contributed by atoms with E-state index in [1.807, 2.05) is 0 Å². The highest BCUT2D eigenvalue weighted by Gasteiger charge is 2.01. The van der Waals surface area contributed by atoms with E-state index in [0.717, 1.165) is 18.2 Å². The minimum Gasteiger partial charge on any atom is -0.376 e. The number of benzene rings is 1. The molecule has 0 heterocycles. The molecule has 0 aliphatic rings. The summed E-state index contributed by atoms with van der Waals surface area (Å²) in [6.45, 7) is -0.0145. The maximum atomic E-state index is 12.7. The van der Waals surface area contributed by atoms with E-state index in [1.54, 1.807) is 0 Å². The van der Waals surface area contributed by atoms with Crippen LogP contribution >= 0.6 is 0 Å². The summed E-state index contributed by atoms with van der Waals surface area (Å²) >= 11 is 0. The van der Waals surface area contributed by atoms with Gasteiger partial charge in [-0.2, -0.15) is 0 Å². The summed E-state index contributed by atoms with van der Waals surface area (Å²) in [7, 11) is 1.48. The minimum atomic E-state index is -0.676. The van der Waals surface area contributed by atoms with Crippen molar-refractivity contribution in [1.82, 2.24) is 5.32 Å². The lowest BCUT2D eigenvalue weighted by Gasteiger charge is -2.05. The molecule has 0 saturated heterocycles. The van der Waals surface area contributed by atoms with Gasteiger partial charge in [0.15, 0.2) is 0 Å². The van der Waals surface area contributed by atoms with Crippen molar-refractivity contribution in [1.29, 1.82) is 0 Å². The Morgan fingerprint density at radius 1 is 1.29 bits per heavy atom. The van der Waals surface area contributed by atoms with Crippen LogP contribution in [0.4, 0.5) is 14.5 Å². The first-order valence-electron chi connectivity index (χ1n) is 4.02. The second kappa shape index (κ2) is 4.55. The Balaban J connectivity index is 2.63. The van der Waals surface area contributed by atoms with E-state index >= 15 is 0 Å². The van der Waals surface area contributed by atoms with E-state index in [1.165, 1.54) is 7.05 Å². The lowest BCUT2D eigenvalue weighted by molar-refractivity contribution is -0.118. The van der Waals surface area contributed by atoms with E-state index in [2.05, 4.69) is 10.6 Å². The number of nitrogens with one attached hydrogen (secondary N) is 2. The van der Waals surface area contributed by atoms with Crippen molar-refractivity contribution >= 4 is 11.6 Å². The molecule has 0 atom stereocenters. The summed E-state index contributed by atoms with van der Waals surface area (Å²) in [6, 6.07) is 3.00. The lowest BCUT2D eigenvalue weighted by atomic mass is 10.3. The lowest BCUT2D eigenvalue weighted by Crippen LogP contribution is -2.26. The Bertz CT molecular complexity index is 321. The van der Waals surface area contributed by atoms with Gasteiger partial charge in [-0.15, -0.1) is 0 Å². The van der Waals surface area contributed by atoms with Gasteiger partial charge < -0.3 is 10.6 Å². The first-order chi connectivity index (χ1) is 6.61. The third-order valence-electron chi connectivity index (χ3n) is 1.59. The summed E-state index contributed by atoms with van der Waals surface area (Å²) in [4.78, 5) is 10.8. The van der Waals surface area contributed by atoms with E-state index < -0.39 is 11.6 Å². The van der Waals surface area contributed by atoms with Crippen LogP contribution in [0.5, 0.6) is 0 Å². The van der Waals surface area contributed by atoms with Gasteiger partial charge in [0.1, 0.15) is 11.6 Å². The Hall–Kier alpha value is -1.65. The van der Waals surface area contributed by atoms with Gasteiger partial charge in [-0.25, -0.2) is 8.78 Å². The maximum absolute atomic E-state index is 12.7. The number of anilines is 1. The first-order valence-corrected chi connectivity index (χ1v) is 4.02. The Labute approximate surface area is 80.1 Å². The fourth-order valence-electron chi connectivity index (χ4n) is 0.927. The molecule has 1 aromatic rings. The molecule has 5 heteroatoms. The zero-order valence-electron chi connectivity index (χ0n) is 7.60. The largest absolute Gasteiger partial charge is 0.376 e. The number of amides is 1. The summed E-state index contributed by atoms with van der Waals surface area (Å²) in [6.07, 6.45) is 0. The number of carbonyl (C=O) groups excluding carboxylic acids is 1. The summed E-state index contributed by atoms with van der Waals surface area (Å²) in [5.41, 5.74) is 0.242. The van der Waals surface area contributed by atoms with Crippen molar-refractivity contribution in [2.75, 3.05) is 18.9 Å².